The number of fused-ring (bicyclic) bond motifs is 1. The molecule has 0 amide bonds. The molecule has 1 aromatic carbocycles. The number of halogens is 1. The summed E-state index contributed by atoms with van der Waals surface area (Å²) in [5, 5.41) is 3.87. The Hall–Kier alpha value is -1.20. The summed E-state index contributed by atoms with van der Waals surface area (Å²) < 4.78 is 24.8. The third-order valence-electron chi connectivity index (χ3n) is 3.98. The highest BCUT2D eigenvalue weighted by Gasteiger charge is 2.40. The van der Waals surface area contributed by atoms with Gasteiger partial charge in [-0.1, -0.05) is 23.8 Å². The van der Waals surface area contributed by atoms with Crippen LogP contribution in [0.4, 0.5) is 11.4 Å². The maximum atomic E-state index is 11.2. The van der Waals surface area contributed by atoms with Gasteiger partial charge in [0.15, 0.2) is 0 Å². The molecule has 3 unspecified atom stereocenters. The first-order valence-electron chi connectivity index (χ1n) is 6.63. The minimum atomic E-state index is -3.30. The van der Waals surface area contributed by atoms with Crippen molar-refractivity contribution in [3.05, 3.63) is 35.4 Å². The second kappa shape index (κ2) is 4.97. The lowest BCUT2D eigenvalue weighted by Gasteiger charge is -2.41. The van der Waals surface area contributed by atoms with Gasteiger partial charge in [-0.15, -0.1) is 0 Å². The summed E-state index contributed by atoms with van der Waals surface area (Å²) in [6.07, 6.45) is 8.02. The van der Waals surface area contributed by atoms with Crippen molar-refractivity contribution in [2.45, 2.75) is 18.9 Å². The van der Waals surface area contributed by atoms with Gasteiger partial charge in [0.05, 0.1) is 17.0 Å². The van der Waals surface area contributed by atoms with E-state index in [1.165, 1.54) is 12.8 Å². The molecule has 1 aromatic rings. The van der Waals surface area contributed by atoms with Gasteiger partial charge < -0.3 is 5.32 Å². The van der Waals surface area contributed by atoms with E-state index in [-0.39, 0.29) is 0 Å². The number of anilines is 2. The summed E-state index contributed by atoms with van der Waals surface area (Å²) in [5.41, 5.74) is 1.34. The maximum Gasteiger partial charge on any atom is 0.229 e. The summed E-state index contributed by atoms with van der Waals surface area (Å²) in [7, 11) is -3.30. The van der Waals surface area contributed by atoms with Gasteiger partial charge >= 0.3 is 0 Å². The van der Waals surface area contributed by atoms with Crippen molar-refractivity contribution >= 4 is 33.0 Å². The minimum Gasteiger partial charge on any atom is -0.382 e. The van der Waals surface area contributed by atoms with Crippen molar-refractivity contribution in [2.24, 2.45) is 11.8 Å². The SMILES string of the molecule is CS(=O)(=O)Nc1ccc(NC2CC3CC=CC32)cc1Cl. The third kappa shape index (κ3) is 2.79. The molecule has 0 spiro atoms. The normalized spacial score (nSPS) is 27.8. The largest absolute Gasteiger partial charge is 0.382 e. The first-order chi connectivity index (χ1) is 9.42. The van der Waals surface area contributed by atoms with E-state index in [0.29, 0.717) is 22.7 Å². The quantitative estimate of drug-likeness (QED) is 0.840. The molecule has 1 fully saturated rings. The van der Waals surface area contributed by atoms with Gasteiger partial charge in [-0.25, -0.2) is 8.42 Å². The van der Waals surface area contributed by atoms with Crippen LogP contribution in [0, 0.1) is 11.8 Å². The van der Waals surface area contributed by atoms with Crippen LogP contribution in [0.5, 0.6) is 0 Å². The monoisotopic (exact) mass is 312 g/mol. The Morgan fingerprint density at radius 2 is 2.15 bits per heavy atom. The fourth-order valence-electron chi connectivity index (χ4n) is 2.98. The highest BCUT2D eigenvalue weighted by Crippen LogP contribution is 2.44. The Morgan fingerprint density at radius 1 is 1.35 bits per heavy atom. The standard InChI is InChI=1S/C14H17ClN2O2S/c1-20(18,19)17-13-6-5-10(8-12(13)15)16-14-7-9-3-2-4-11(9)14/h2,4-6,8-9,11,14,16-17H,3,7H2,1H3. The van der Waals surface area contributed by atoms with Crippen LogP contribution in [-0.4, -0.2) is 20.7 Å². The first kappa shape index (κ1) is 13.8. The van der Waals surface area contributed by atoms with E-state index >= 15 is 0 Å². The first-order valence-corrected chi connectivity index (χ1v) is 8.90. The van der Waals surface area contributed by atoms with E-state index < -0.39 is 10.0 Å². The van der Waals surface area contributed by atoms with Crippen LogP contribution in [-0.2, 0) is 10.0 Å². The Morgan fingerprint density at radius 3 is 2.80 bits per heavy atom. The van der Waals surface area contributed by atoms with Crippen LogP contribution in [0.2, 0.25) is 5.02 Å². The van der Waals surface area contributed by atoms with Gasteiger partial charge in [-0.05, 0) is 37.0 Å². The summed E-state index contributed by atoms with van der Waals surface area (Å²) in [6, 6.07) is 5.77. The molecule has 1 saturated carbocycles. The molecule has 108 valence electrons. The maximum absolute atomic E-state index is 11.2. The molecule has 4 nitrogen and oxygen atoms in total. The van der Waals surface area contributed by atoms with Crippen LogP contribution >= 0.6 is 11.6 Å². The average molecular weight is 313 g/mol. The lowest BCUT2D eigenvalue weighted by Crippen LogP contribution is -2.43. The van der Waals surface area contributed by atoms with Crippen molar-refractivity contribution in [1.29, 1.82) is 0 Å². The number of benzene rings is 1. The summed E-state index contributed by atoms with van der Waals surface area (Å²) >= 11 is 6.11. The average Bonchev–Trinajstić information content (AvgIpc) is 2.69. The molecule has 0 radical (unpaired) electrons. The smallest absolute Gasteiger partial charge is 0.229 e. The van der Waals surface area contributed by atoms with Gasteiger partial charge in [-0.2, -0.15) is 0 Å². The van der Waals surface area contributed by atoms with Crippen LogP contribution in [0.3, 0.4) is 0 Å². The van der Waals surface area contributed by atoms with E-state index in [4.69, 9.17) is 11.6 Å². The highest BCUT2D eigenvalue weighted by molar-refractivity contribution is 7.92. The molecule has 20 heavy (non-hydrogen) atoms. The van der Waals surface area contributed by atoms with E-state index in [1.54, 1.807) is 12.1 Å². The second-order valence-electron chi connectivity index (χ2n) is 5.56. The van der Waals surface area contributed by atoms with Crippen LogP contribution in [0.1, 0.15) is 12.8 Å². The van der Waals surface area contributed by atoms with E-state index in [2.05, 4.69) is 22.2 Å². The zero-order valence-electron chi connectivity index (χ0n) is 11.1. The second-order valence-corrected chi connectivity index (χ2v) is 7.71. The Balaban J connectivity index is 1.69. The predicted octanol–water partition coefficient (Wildman–Crippen LogP) is 3.09. The van der Waals surface area contributed by atoms with E-state index in [9.17, 15) is 8.42 Å². The topological polar surface area (TPSA) is 58.2 Å². The van der Waals surface area contributed by atoms with Crippen molar-refractivity contribution in [3.8, 4) is 0 Å². The highest BCUT2D eigenvalue weighted by atomic mass is 35.5. The molecule has 3 rings (SSSR count). The van der Waals surface area contributed by atoms with E-state index in [0.717, 1.165) is 17.9 Å². The molecular formula is C14H17ClN2O2S. The number of allylic oxidation sites excluding steroid dienone is 1. The van der Waals surface area contributed by atoms with Gasteiger partial charge in [0.1, 0.15) is 0 Å². The molecule has 0 saturated heterocycles. The third-order valence-corrected chi connectivity index (χ3v) is 4.88. The van der Waals surface area contributed by atoms with Gasteiger partial charge in [0.2, 0.25) is 10.0 Å². The van der Waals surface area contributed by atoms with Crippen LogP contribution < -0.4 is 10.0 Å². The molecule has 2 aliphatic rings. The van der Waals surface area contributed by atoms with Crippen molar-refractivity contribution in [1.82, 2.24) is 0 Å². The van der Waals surface area contributed by atoms with Crippen molar-refractivity contribution < 1.29 is 8.42 Å². The Kier molecular flexibility index (Phi) is 3.42. The molecule has 0 heterocycles. The molecule has 0 aromatic heterocycles. The number of rotatable bonds is 4. The molecular weight excluding hydrogens is 296 g/mol. The fourth-order valence-corrected chi connectivity index (χ4v) is 3.85. The van der Waals surface area contributed by atoms with Crippen molar-refractivity contribution in [3.63, 3.8) is 0 Å². The van der Waals surface area contributed by atoms with E-state index in [1.807, 2.05) is 6.07 Å². The molecule has 3 atom stereocenters. The summed E-state index contributed by atoms with van der Waals surface area (Å²) in [5.74, 6) is 1.43. The van der Waals surface area contributed by atoms with Gasteiger partial charge in [-0.3, -0.25) is 4.72 Å². The number of sulfonamides is 1. The number of hydrogen-bond donors (Lipinski definition) is 2. The minimum absolute atomic E-state index is 0.401. The zero-order chi connectivity index (χ0) is 14.3. The lowest BCUT2D eigenvalue weighted by atomic mass is 9.71. The summed E-state index contributed by atoms with van der Waals surface area (Å²) in [6.45, 7) is 0. The molecule has 0 bridgehead atoms. The lowest BCUT2D eigenvalue weighted by molar-refractivity contribution is 0.218. The molecule has 2 N–H and O–H groups in total. The number of nitrogens with one attached hydrogen (secondary N) is 2. The zero-order valence-corrected chi connectivity index (χ0v) is 12.7. The van der Waals surface area contributed by atoms with Gasteiger partial charge in [0.25, 0.3) is 0 Å². The van der Waals surface area contributed by atoms with Crippen LogP contribution in [0.15, 0.2) is 30.4 Å². The Labute approximate surface area is 124 Å². The molecule has 2 aliphatic carbocycles. The molecule has 6 heteroatoms. The predicted molar refractivity (Wildman–Crippen MR) is 82.7 cm³/mol. The Bertz CT molecular complexity index is 657. The molecule has 0 aliphatic heterocycles. The van der Waals surface area contributed by atoms with Gasteiger partial charge in [0, 0.05) is 17.6 Å². The summed E-state index contributed by atoms with van der Waals surface area (Å²) in [4.78, 5) is 0. The van der Waals surface area contributed by atoms with Crippen LogP contribution in [0.25, 0.3) is 0 Å². The number of hydrogen-bond acceptors (Lipinski definition) is 3. The van der Waals surface area contributed by atoms with Crippen molar-refractivity contribution in [2.75, 3.05) is 16.3 Å². The fraction of sp³-hybridized carbons (Fsp3) is 0.429.